The number of carbonyl (C=O) groups excluding carboxylic acids is 1. The lowest BCUT2D eigenvalue weighted by Crippen LogP contribution is -2.31. The summed E-state index contributed by atoms with van der Waals surface area (Å²) >= 11 is 0. The van der Waals surface area contributed by atoms with Crippen LogP contribution in [0, 0.1) is 5.92 Å². The van der Waals surface area contributed by atoms with E-state index in [1.54, 1.807) is 12.5 Å². The maximum absolute atomic E-state index is 12.6. The number of hydrogen-bond acceptors (Lipinski definition) is 6. The Balaban J connectivity index is 1.60. The van der Waals surface area contributed by atoms with Crippen molar-refractivity contribution >= 4 is 17.0 Å². The Hall–Kier alpha value is -3.87. The highest BCUT2D eigenvalue weighted by atomic mass is 16.5. The average molecular weight is 456 g/mol. The fourth-order valence-electron chi connectivity index (χ4n) is 3.87. The fraction of sp³-hybridized carbons (Fsp3) is 0.296. The van der Waals surface area contributed by atoms with Gasteiger partial charge in [-0.3, -0.25) is 0 Å². The first-order chi connectivity index (χ1) is 16.5. The topological polar surface area (TPSA) is 89.9 Å². The van der Waals surface area contributed by atoms with Crippen LogP contribution in [0.25, 0.3) is 22.2 Å². The molecule has 1 atom stereocenters. The lowest BCUT2D eigenvalue weighted by atomic mass is 10.0. The van der Waals surface area contributed by atoms with Crippen LogP contribution in [0.4, 0.5) is 4.79 Å². The number of aryl methyl sites for hydroxylation is 1. The Morgan fingerprint density at radius 2 is 1.88 bits per heavy atom. The zero-order chi connectivity index (χ0) is 23.9. The van der Waals surface area contributed by atoms with Crippen molar-refractivity contribution in [2.24, 2.45) is 5.92 Å². The molecule has 0 aliphatic heterocycles. The van der Waals surface area contributed by atoms with Crippen molar-refractivity contribution in [1.82, 2.24) is 25.3 Å². The van der Waals surface area contributed by atoms with Crippen LogP contribution in [-0.2, 0) is 17.8 Å². The minimum Gasteiger partial charge on any atom is -0.445 e. The van der Waals surface area contributed by atoms with Gasteiger partial charge in [0, 0.05) is 17.1 Å². The van der Waals surface area contributed by atoms with E-state index < -0.39 is 6.09 Å². The number of alkyl carbamates (subject to hydrolysis) is 1. The third-order valence-electron chi connectivity index (χ3n) is 5.53. The molecule has 7 heteroatoms. The Kier molecular flexibility index (Phi) is 7.42. The molecule has 1 unspecified atom stereocenters. The summed E-state index contributed by atoms with van der Waals surface area (Å²) in [7, 11) is 0. The SMILES string of the molecule is CCc1nc(C(CC(C)C)NC(=O)OCc2ccccc2)nc2ccc(-c3ccncn3)cc12. The van der Waals surface area contributed by atoms with Gasteiger partial charge < -0.3 is 10.1 Å². The smallest absolute Gasteiger partial charge is 0.408 e. The maximum atomic E-state index is 12.6. The number of rotatable bonds is 8. The first-order valence-corrected chi connectivity index (χ1v) is 11.6. The van der Waals surface area contributed by atoms with Gasteiger partial charge in [0.25, 0.3) is 0 Å². The molecule has 0 saturated heterocycles. The van der Waals surface area contributed by atoms with Crippen molar-refractivity contribution in [3.63, 3.8) is 0 Å². The summed E-state index contributed by atoms with van der Waals surface area (Å²) < 4.78 is 5.45. The number of benzene rings is 2. The van der Waals surface area contributed by atoms with E-state index in [0.29, 0.717) is 18.2 Å². The van der Waals surface area contributed by atoms with E-state index in [1.807, 2.05) is 48.5 Å². The molecule has 7 nitrogen and oxygen atoms in total. The summed E-state index contributed by atoms with van der Waals surface area (Å²) in [6.07, 6.45) is 4.24. The molecule has 4 rings (SSSR count). The molecule has 174 valence electrons. The predicted octanol–water partition coefficient (Wildman–Crippen LogP) is 5.66. The van der Waals surface area contributed by atoms with Gasteiger partial charge in [-0.15, -0.1) is 0 Å². The van der Waals surface area contributed by atoms with Crippen molar-refractivity contribution in [2.45, 2.75) is 46.3 Å². The van der Waals surface area contributed by atoms with Gasteiger partial charge in [-0.25, -0.2) is 24.7 Å². The van der Waals surface area contributed by atoms with Crippen molar-refractivity contribution in [1.29, 1.82) is 0 Å². The molecule has 0 aliphatic rings. The molecule has 34 heavy (non-hydrogen) atoms. The second-order valence-corrected chi connectivity index (χ2v) is 8.60. The van der Waals surface area contributed by atoms with E-state index >= 15 is 0 Å². The average Bonchev–Trinajstić information content (AvgIpc) is 2.87. The molecular formula is C27H29N5O2. The summed E-state index contributed by atoms with van der Waals surface area (Å²) in [5.41, 5.74) is 4.55. The van der Waals surface area contributed by atoms with E-state index in [0.717, 1.165) is 39.8 Å². The predicted molar refractivity (Wildman–Crippen MR) is 132 cm³/mol. The molecule has 0 saturated carbocycles. The number of nitrogens with zero attached hydrogens (tertiary/aromatic N) is 4. The van der Waals surface area contributed by atoms with Crippen LogP contribution in [0.1, 0.15) is 50.3 Å². The van der Waals surface area contributed by atoms with Gasteiger partial charge in [-0.05, 0) is 42.5 Å². The largest absolute Gasteiger partial charge is 0.445 e. The first-order valence-electron chi connectivity index (χ1n) is 11.6. The second-order valence-electron chi connectivity index (χ2n) is 8.60. The number of amides is 1. The Bertz CT molecular complexity index is 1250. The summed E-state index contributed by atoms with van der Waals surface area (Å²) in [6, 6.07) is 17.2. The third-order valence-corrected chi connectivity index (χ3v) is 5.53. The zero-order valence-corrected chi connectivity index (χ0v) is 19.7. The van der Waals surface area contributed by atoms with Gasteiger partial charge in [0.15, 0.2) is 5.82 Å². The highest BCUT2D eigenvalue weighted by Crippen LogP contribution is 2.27. The van der Waals surface area contributed by atoms with Gasteiger partial charge in [0.2, 0.25) is 0 Å². The fourth-order valence-corrected chi connectivity index (χ4v) is 3.87. The third kappa shape index (κ3) is 5.73. The summed E-state index contributed by atoms with van der Waals surface area (Å²) in [6.45, 7) is 6.51. The standard InChI is InChI=1S/C27H29N5O2/c1-4-22-21-15-20(23-12-13-28-17-29-23)10-11-24(21)31-26(30-22)25(14-18(2)3)32-27(33)34-16-19-8-6-5-7-9-19/h5-13,15,17-18,25H,4,14,16H2,1-3H3,(H,32,33). The molecule has 2 aromatic carbocycles. The van der Waals surface area contributed by atoms with Crippen molar-refractivity contribution in [3.05, 3.63) is 84.2 Å². The van der Waals surface area contributed by atoms with Gasteiger partial charge in [-0.2, -0.15) is 0 Å². The number of ether oxygens (including phenoxy) is 1. The van der Waals surface area contributed by atoms with Crippen LogP contribution < -0.4 is 5.32 Å². The molecule has 1 N–H and O–H groups in total. The van der Waals surface area contributed by atoms with E-state index in [4.69, 9.17) is 14.7 Å². The summed E-state index contributed by atoms with van der Waals surface area (Å²) in [5, 5.41) is 3.97. The number of fused-ring (bicyclic) bond motifs is 1. The van der Waals surface area contributed by atoms with Crippen molar-refractivity contribution < 1.29 is 9.53 Å². The lowest BCUT2D eigenvalue weighted by molar-refractivity contribution is 0.133. The van der Waals surface area contributed by atoms with E-state index in [1.165, 1.54) is 0 Å². The highest BCUT2D eigenvalue weighted by Gasteiger charge is 2.21. The number of carbonyl (C=O) groups is 1. The first kappa shape index (κ1) is 23.3. The van der Waals surface area contributed by atoms with Crippen LogP contribution in [0.2, 0.25) is 0 Å². The van der Waals surface area contributed by atoms with Crippen LogP contribution >= 0.6 is 0 Å². The minimum absolute atomic E-state index is 0.214. The molecule has 0 spiro atoms. The van der Waals surface area contributed by atoms with Gasteiger partial charge >= 0.3 is 6.09 Å². The monoisotopic (exact) mass is 455 g/mol. The molecule has 0 aliphatic carbocycles. The molecule has 2 heterocycles. The highest BCUT2D eigenvalue weighted by molar-refractivity contribution is 5.85. The number of hydrogen-bond donors (Lipinski definition) is 1. The van der Waals surface area contributed by atoms with Gasteiger partial charge in [0.1, 0.15) is 12.9 Å². The van der Waals surface area contributed by atoms with Gasteiger partial charge in [-0.1, -0.05) is 57.2 Å². The van der Waals surface area contributed by atoms with Crippen LogP contribution in [0.3, 0.4) is 0 Å². The molecule has 4 aromatic rings. The molecule has 2 aromatic heterocycles. The van der Waals surface area contributed by atoms with Crippen molar-refractivity contribution in [2.75, 3.05) is 0 Å². The molecule has 0 bridgehead atoms. The summed E-state index contributed by atoms with van der Waals surface area (Å²) in [5.74, 6) is 0.938. The Labute approximate surface area is 199 Å². The summed E-state index contributed by atoms with van der Waals surface area (Å²) in [4.78, 5) is 30.6. The molecular weight excluding hydrogens is 426 g/mol. The molecule has 1 amide bonds. The van der Waals surface area contributed by atoms with Crippen LogP contribution in [0.15, 0.2) is 67.1 Å². The Morgan fingerprint density at radius 1 is 1.06 bits per heavy atom. The van der Waals surface area contributed by atoms with Crippen LogP contribution in [-0.4, -0.2) is 26.0 Å². The lowest BCUT2D eigenvalue weighted by Gasteiger charge is -2.20. The quantitative estimate of drug-likeness (QED) is 0.369. The van der Waals surface area contributed by atoms with E-state index in [9.17, 15) is 4.79 Å². The maximum Gasteiger partial charge on any atom is 0.408 e. The minimum atomic E-state index is -0.477. The second kappa shape index (κ2) is 10.8. The van der Waals surface area contributed by atoms with Crippen LogP contribution in [0.5, 0.6) is 0 Å². The van der Waals surface area contributed by atoms with Gasteiger partial charge in [0.05, 0.1) is 22.9 Å². The number of nitrogens with one attached hydrogen (secondary N) is 1. The van der Waals surface area contributed by atoms with E-state index in [-0.39, 0.29) is 12.6 Å². The normalized spacial score (nSPS) is 12.0. The molecule has 0 radical (unpaired) electrons. The van der Waals surface area contributed by atoms with Crippen molar-refractivity contribution in [3.8, 4) is 11.3 Å². The van der Waals surface area contributed by atoms with E-state index in [2.05, 4.69) is 42.1 Å². The zero-order valence-electron chi connectivity index (χ0n) is 19.7. The number of aromatic nitrogens is 4. The molecule has 0 fully saturated rings. The Morgan fingerprint density at radius 3 is 2.59 bits per heavy atom.